The largest absolute Gasteiger partial charge is 0.474 e. The van der Waals surface area contributed by atoms with E-state index in [2.05, 4.69) is 22.2 Å². The summed E-state index contributed by atoms with van der Waals surface area (Å²) < 4.78 is 6.01. The maximum Gasteiger partial charge on any atom is 0.218 e. The van der Waals surface area contributed by atoms with Crippen LogP contribution in [0.1, 0.15) is 39.0 Å². The molecular formula is C13H21N3O. The van der Waals surface area contributed by atoms with Gasteiger partial charge in [-0.3, -0.25) is 0 Å². The molecule has 2 atom stereocenters. The molecule has 2 unspecified atom stereocenters. The fourth-order valence-corrected chi connectivity index (χ4v) is 2.49. The van der Waals surface area contributed by atoms with Gasteiger partial charge in [0.05, 0.1) is 0 Å². The van der Waals surface area contributed by atoms with E-state index in [9.17, 15) is 0 Å². The minimum atomic E-state index is 0.327. The van der Waals surface area contributed by atoms with Gasteiger partial charge in [0.1, 0.15) is 18.2 Å². The zero-order valence-electron chi connectivity index (χ0n) is 10.6. The van der Waals surface area contributed by atoms with Crippen molar-refractivity contribution in [2.24, 2.45) is 5.92 Å². The predicted molar refractivity (Wildman–Crippen MR) is 68.2 cm³/mol. The van der Waals surface area contributed by atoms with E-state index in [0.29, 0.717) is 17.9 Å². The minimum Gasteiger partial charge on any atom is -0.474 e. The summed E-state index contributed by atoms with van der Waals surface area (Å²) in [5.74, 6) is 2.17. The first-order valence-electron chi connectivity index (χ1n) is 6.50. The van der Waals surface area contributed by atoms with Crippen LogP contribution in [0.5, 0.6) is 5.88 Å². The van der Waals surface area contributed by atoms with Crippen LogP contribution in [0.3, 0.4) is 0 Å². The zero-order valence-corrected chi connectivity index (χ0v) is 10.6. The molecule has 0 saturated heterocycles. The van der Waals surface area contributed by atoms with Crippen LogP contribution in [0.4, 0.5) is 5.82 Å². The lowest BCUT2D eigenvalue weighted by Gasteiger charge is -2.30. The minimum absolute atomic E-state index is 0.327. The van der Waals surface area contributed by atoms with Crippen LogP contribution in [0, 0.1) is 5.92 Å². The predicted octanol–water partition coefficient (Wildman–Crippen LogP) is 2.87. The van der Waals surface area contributed by atoms with Crippen molar-refractivity contribution in [3.63, 3.8) is 0 Å². The van der Waals surface area contributed by atoms with Gasteiger partial charge >= 0.3 is 0 Å². The van der Waals surface area contributed by atoms with Crippen molar-refractivity contribution < 1.29 is 4.74 Å². The van der Waals surface area contributed by atoms with Gasteiger partial charge in [0, 0.05) is 13.1 Å². The van der Waals surface area contributed by atoms with E-state index in [1.165, 1.54) is 25.7 Å². The number of ether oxygens (including phenoxy) is 1. The molecule has 94 valence electrons. The number of anilines is 1. The number of aromatic nitrogens is 2. The summed E-state index contributed by atoms with van der Waals surface area (Å²) in [7, 11) is 1.85. The Bertz CT molecular complexity index is 356. The molecule has 1 aromatic rings. The SMILES string of the molecule is CCC1CCCCC1Oc1cc(NC)ncn1. The van der Waals surface area contributed by atoms with Crippen LogP contribution in [-0.2, 0) is 0 Å². The summed E-state index contributed by atoms with van der Waals surface area (Å²) >= 11 is 0. The average molecular weight is 235 g/mol. The van der Waals surface area contributed by atoms with Crippen molar-refractivity contribution in [3.8, 4) is 5.88 Å². The third-order valence-electron chi connectivity index (χ3n) is 3.53. The molecule has 1 aliphatic rings. The third kappa shape index (κ3) is 3.08. The molecule has 1 heterocycles. The highest BCUT2D eigenvalue weighted by molar-refractivity contribution is 5.36. The van der Waals surface area contributed by atoms with Crippen molar-refractivity contribution in [1.82, 2.24) is 9.97 Å². The highest BCUT2D eigenvalue weighted by Crippen LogP contribution is 2.30. The lowest BCUT2D eigenvalue weighted by atomic mass is 9.85. The van der Waals surface area contributed by atoms with E-state index >= 15 is 0 Å². The molecule has 1 aliphatic carbocycles. The van der Waals surface area contributed by atoms with E-state index < -0.39 is 0 Å². The van der Waals surface area contributed by atoms with Crippen molar-refractivity contribution in [1.29, 1.82) is 0 Å². The Morgan fingerprint density at radius 2 is 2.18 bits per heavy atom. The van der Waals surface area contributed by atoms with E-state index in [1.807, 2.05) is 13.1 Å². The van der Waals surface area contributed by atoms with Gasteiger partial charge in [0.2, 0.25) is 5.88 Å². The van der Waals surface area contributed by atoms with Gasteiger partial charge in [-0.05, 0) is 31.6 Å². The van der Waals surface area contributed by atoms with Gasteiger partial charge in [0.15, 0.2) is 0 Å². The number of nitrogens with zero attached hydrogens (tertiary/aromatic N) is 2. The van der Waals surface area contributed by atoms with Gasteiger partial charge in [-0.1, -0.05) is 13.3 Å². The molecular weight excluding hydrogens is 214 g/mol. The number of hydrogen-bond donors (Lipinski definition) is 1. The summed E-state index contributed by atoms with van der Waals surface area (Å²) in [6, 6.07) is 1.86. The molecule has 4 heteroatoms. The Balaban J connectivity index is 2.02. The van der Waals surface area contributed by atoms with Crippen LogP contribution in [0.2, 0.25) is 0 Å². The van der Waals surface area contributed by atoms with Gasteiger partial charge in [-0.2, -0.15) is 0 Å². The lowest BCUT2D eigenvalue weighted by Crippen LogP contribution is -2.30. The normalized spacial score (nSPS) is 24.4. The summed E-state index contributed by atoms with van der Waals surface area (Å²) in [4.78, 5) is 8.26. The standard InChI is InChI=1S/C13H21N3O/c1-3-10-6-4-5-7-11(10)17-13-8-12(14-2)15-9-16-13/h8-11H,3-7H2,1-2H3,(H,14,15,16). The van der Waals surface area contributed by atoms with Crippen LogP contribution in [0.25, 0.3) is 0 Å². The average Bonchev–Trinajstić information content (AvgIpc) is 2.39. The maximum atomic E-state index is 6.01. The molecule has 2 rings (SSSR count). The molecule has 17 heavy (non-hydrogen) atoms. The third-order valence-corrected chi connectivity index (χ3v) is 3.53. The second kappa shape index (κ2) is 5.84. The lowest BCUT2D eigenvalue weighted by molar-refractivity contribution is 0.0858. The van der Waals surface area contributed by atoms with Gasteiger partial charge in [-0.15, -0.1) is 0 Å². The monoisotopic (exact) mass is 235 g/mol. The van der Waals surface area contributed by atoms with Crippen LogP contribution in [0.15, 0.2) is 12.4 Å². The molecule has 1 saturated carbocycles. The van der Waals surface area contributed by atoms with Crippen molar-refractivity contribution in [2.45, 2.75) is 45.1 Å². The van der Waals surface area contributed by atoms with E-state index in [0.717, 1.165) is 12.2 Å². The fraction of sp³-hybridized carbons (Fsp3) is 0.692. The Hall–Kier alpha value is -1.32. The number of rotatable bonds is 4. The molecule has 1 fully saturated rings. The fourth-order valence-electron chi connectivity index (χ4n) is 2.49. The first kappa shape index (κ1) is 12.1. The number of nitrogens with one attached hydrogen (secondary N) is 1. The molecule has 0 amide bonds. The molecule has 0 bridgehead atoms. The molecule has 1 aromatic heterocycles. The number of hydrogen-bond acceptors (Lipinski definition) is 4. The van der Waals surface area contributed by atoms with Gasteiger partial charge in [0.25, 0.3) is 0 Å². The zero-order chi connectivity index (χ0) is 12.1. The smallest absolute Gasteiger partial charge is 0.218 e. The van der Waals surface area contributed by atoms with Gasteiger partial charge in [-0.25, -0.2) is 9.97 Å². The Labute approximate surface area is 103 Å². The first-order valence-corrected chi connectivity index (χ1v) is 6.50. The summed E-state index contributed by atoms with van der Waals surface area (Å²) in [5, 5.41) is 3.00. The second-order valence-electron chi connectivity index (χ2n) is 4.60. The van der Waals surface area contributed by atoms with E-state index in [1.54, 1.807) is 6.33 Å². The van der Waals surface area contributed by atoms with Crippen molar-refractivity contribution >= 4 is 5.82 Å². The maximum absolute atomic E-state index is 6.01. The van der Waals surface area contributed by atoms with Gasteiger partial charge < -0.3 is 10.1 Å². The molecule has 0 spiro atoms. The highest BCUT2D eigenvalue weighted by Gasteiger charge is 2.25. The van der Waals surface area contributed by atoms with E-state index in [4.69, 9.17) is 4.74 Å². The van der Waals surface area contributed by atoms with Crippen molar-refractivity contribution in [3.05, 3.63) is 12.4 Å². The van der Waals surface area contributed by atoms with Crippen molar-refractivity contribution in [2.75, 3.05) is 12.4 Å². The topological polar surface area (TPSA) is 47.0 Å². The molecule has 4 nitrogen and oxygen atoms in total. The Morgan fingerprint density at radius 3 is 2.94 bits per heavy atom. The Morgan fingerprint density at radius 1 is 1.35 bits per heavy atom. The summed E-state index contributed by atoms with van der Waals surface area (Å²) in [5.41, 5.74) is 0. The molecule has 0 aromatic carbocycles. The molecule has 1 N–H and O–H groups in total. The molecule has 0 aliphatic heterocycles. The quantitative estimate of drug-likeness (QED) is 0.871. The Kier molecular flexibility index (Phi) is 4.18. The molecule has 0 radical (unpaired) electrons. The van der Waals surface area contributed by atoms with E-state index in [-0.39, 0.29) is 0 Å². The van der Waals surface area contributed by atoms with Crippen LogP contribution >= 0.6 is 0 Å². The highest BCUT2D eigenvalue weighted by atomic mass is 16.5. The second-order valence-corrected chi connectivity index (χ2v) is 4.60. The van der Waals surface area contributed by atoms with Crippen LogP contribution in [-0.4, -0.2) is 23.1 Å². The summed E-state index contributed by atoms with van der Waals surface area (Å²) in [6.45, 7) is 2.24. The first-order chi connectivity index (χ1) is 8.33. The van der Waals surface area contributed by atoms with Crippen LogP contribution < -0.4 is 10.1 Å². The summed E-state index contributed by atoms with van der Waals surface area (Å²) in [6.07, 6.45) is 8.10.